The molecule has 0 radical (unpaired) electrons. The van der Waals surface area contributed by atoms with Gasteiger partial charge in [-0.2, -0.15) is 0 Å². The highest BCUT2D eigenvalue weighted by Gasteiger charge is 2.06. The summed E-state index contributed by atoms with van der Waals surface area (Å²) in [6, 6.07) is 6.27. The molecule has 0 spiro atoms. The first-order valence-corrected chi connectivity index (χ1v) is 6.41. The van der Waals surface area contributed by atoms with Crippen molar-refractivity contribution in [2.75, 3.05) is 0 Å². The second-order valence-electron chi connectivity index (χ2n) is 2.33. The Morgan fingerprint density at radius 1 is 1.08 bits per heavy atom. The van der Waals surface area contributed by atoms with Gasteiger partial charge < -0.3 is 0 Å². The summed E-state index contributed by atoms with van der Waals surface area (Å²) in [7, 11) is 0. The highest BCUT2D eigenvalue weighted by atomic mass is 79.9. The Balaban J connectivity index is 2.87. The molecule has 0 saturated carbocycles. The van der Waals surface area contributed by atoms with Gasteiger partial charge >= 0.3 is 0 Å². The van der Waals surface area contributed by atoms with Crippen LogP contribution in [0.3, 0.4) is 0 Å². The minimum Gasteiger partial charge on any atom is -0.127 e. The van der Waals surface area contributed by atoms with Crippen LogP contribution < -0.4 is 0 Å². The molecule has 0 nitrogen and oxygen atoms in total. The van der Waals surface area contributed by atoms with Gasteiger partial charge in [-0.15, -0.1) is 11.3 Å². The smallest absolute Gasteiger partial charge is 0.0853 e. The Hall–Kier alpha value is 0.620. The van der Waals surface area contributed by atoms with Crippen molar-refractivity contribution in [3.8, 4) is 0 Å². The largest absolute Gasteiger partial charge is 0.127 e. The van der Waals surface area contributed by atoms with Crippen LogP contribution in [0, 0.1) is 0 Å². The topological polar surface area (TPSA) is 0 Å². The van der Waals surface area contributed by atoms with Crippen LogP contribution in [0.2, 0.25) is 0 Å². The van der Waals surface area contributed by atoms with Gasteiger partial charge in [0, 0.05) is 14.6 Å². The SMILES string of the molecule is Brc1ccc2c(Br)c(Br)sc2c1. The summed E-state index contributed by atoms with van der Waals surface area (Å²) >= 11 is 12.2. The zero-order chi connectivity index (χ0) is 8.72. The summed E-state index contributed by atoms with van der Waals surface area (Å²) in [5, 5.41) is 1.26. The van der Waals surface area contributed by atoms with Crippen molar-refractivity contribution in [3.63, 3.8) is 0 Å². The predicted molar refractivity (Wildman–Crippen MR) is 64.9 cm³/mol. The first kappa shape index (κ1) is 9.19. The van der Waals surface area contributed by atoms with Crippen LogP contribution in [0.5, 0.6) is 0 Å². The third kappa shape index (κ3) is 1.50. The van der Waals surface area contributed by atoms with E-state index in [0.29, 0.717) is 0 Å². The molecule has 0 bridgehead atoms. The van der Waals surface area contributed by atoms with Crippen molar-refractivity contribution in [1.82, 2.24) is 0 Å². The van der Waals surface area contributed by atoms with Crippen molar-refractivity contribution < 1.29 is 0 Å². The first-order chi connectivity index (χ1) is 5.68. The molecule has 0 saturated heterocycles. The van der Waals surface area contributed by atoms with Crippen LogP contribution in [0.15, 0.2) is 30.9 Å². The molecule has 4 heteroatoms. The minimum absolute atomic E-state index is 1.12. The third-order valence-corrected chi connectivity index (χ3v) is 5.49. The lowest BCUT2D eigenvalue weighted by molar-refractivity contribution is 1.75. The molecule has 0 N–H and O–H groups in total. The molecule has 0 aliphatic carbocycles. The number of fused-ring (bicyclic) bond motifs is 1. The van der Waals surface area contributed by atoms with E-state index in [1.54, 1.807) is 11.3 Å². The average molecular weight is 371 g/mol. The van der Waals surface area contributed by atoms with Crippen LogP contribution in [0.4, 0.5) is 0 Å². The fraction of sp³-hybridized carbons (Fsp3) is 0. The van der Waals surface area contributed by atoms with Crippen LogP contribution in [-0.4, -0.2) is 0 Å². The average Bonchev–Trinajstić information content (AvgIpc) is 2.28. The van der Waals surface area contributed by atoms with Gasteiger partial charge in [-0.3, -0.25) is 0 Å². The summed E-state index contributed by atoms with van der Waals surface area (Å²) in [6.45, 7) is 0. The van der Waals surface area contributed by atoms with Crippen LogP contribution >= 0.6 is 59.1 Å². The Kier molecular flexibility index (Phi) is 2.61. The predicted octanol–water partition coefficient (Wildman–Crippen LogP) is 5.19. The van der Waals surface area contributed by atoms with E-state index in [0.717, 1.165) is 12.7 Å². The van der Waals surface area contributed by atoms with E-state index >= 15 is 0 Å². The highest BCUT2D eigenvalue weighted by Crippen LogP contribution is 2.40. The van der Waals surface area contributed by atoms with E-state index in [9.17, 15) is 0 Å². The summed E-state index contributed by atoms with van der Waals surface area (Å²) in [6.07, 6.45) is 0. The maximum atomic E-state index is 3.52. The fourth-order valence-corrected chi connectivity index (χ4v) is 3.84. The summed E-state index contributed by atoms with van der Waals surface area (Å²) in [5.74, 6) is 0. The molecule has 12 heavy (non-hydrogen) atoms. The van der Waals surface area contributed by atoms with Crippen LogP contribution in [0.1, 0.15) is 0 Å². The van der Waals surface area contributed by atoms with E-state index in [-0.39, 0.29) is 0 Å². The summed E-state index contributed by atoms with van der Waals surface area (Å²) in [4.78, 5) is 0. The van der Waals surface area contributed by atoms with Crippen molar-refractivity contribution in [1.29, 1.82) is 0 Å². The molecule has 1 heterocycles. The molecule has 2 aromatic rings. The third-order valence-electron chi connectivity index (χ3n) is 1.55. The lowest BCUT2D eigenvalue weighted by atomic mass is 10.3. The van der Waals surface area contributed by atoms with E-state index in [2.05, 4.69) is 59.9 Å². The fourth-order valence-electron chi connectivity index (χ4n) is 1.01. The molecule has 0 atom stereocenters. The van der Waals surface area contributed by atoms with Gasteiger partial charge in [0.25, 0.3) is 0 Å². The van der Waals surface area contributed by atoms with Crippen molar-refractivity contribution in [2.24, 2.45) is 0 Å². The van der Waals surface area contributed by atoms with Crippen molar-refractivity contribution >= 4 is 69.2 Å². The van der Waals surface area contributed by atoms with E-state index in [1.807, 2.05) is 6.07 Å². The maximum absolute atomic E-state index is 3.52. The van der Waals surface area contributed by atoms with E-state index in [4.69, 9.17) is 0 Å². The molecule has 0 fully saturated rings. The van der Waals surface area contributed by atoms with Gasteiger partial charge in [-0.05, 0) is 44.0 Å². The monoisotopic (exact) mass is 368 g/mol. The van der Waals surface area contributed by atoms with Crippen molar-refractivity contribution in [3.05, 3.63) is 30.9 Å². The Labute approximate surface area is 99.4 Å². The summed E-state index contributed by atoms with van der Waals surface area (Å²) in [5.41, 5.74) is 0. The zero-order valence-corrected chi connectivity index (χ0v) is 11.3. The van der Waals surface area contributed by atoms with Gasteiger partial charge in [0.2, 0.25) is 0 Å². The molecular weight excluding hydrogens is 368 g/mol. The quantitative estimate of drug-likeness (QED) is 0.598. The van der Waals surface area contributed by atoms with Gasteiger partial charge in [-0.1, -0.05) is 22.0 Å². The normalized spacial score (nSPS) is 10.9. The number of benzene rings is 1. The lowest BCUT2D eigenvalue weighted by Gasteiger charge is -1.90. The Bertz CT molecular complexity index is 433. The lowest BCUT2D eigenvalue weighted by Crippen LogP contribution is -1.64. The van der Waals surface area contributed by atoms with Gasteiger partial charge in [0.05, 0.1) is 8.26 Å². The first-order valence-electron chi connectivity index (χ1n) is 3.21. The highest BCUT2D eigenvalue weighted by molar-refractivity contribution is 9.13. The molecule has 1 aromatic heterocycles. The molecule has 0 amide bonds. The number of hydrogen-bond acceptors (Lipinski definition) is 1. The number of halogens is 3. The molecular formula is C8H3Br3S. The maximum Gasteiger partial charge on any atom is 0.0853 e. The molecule has 2 rings (SSSR count). The molecule has 0 aliphatic rings. The Morgan fingerprint density at radius 2 is 1.83 bits per heavy atom. The van der Waals surface area contributed by atoms with Gasteiger partial charge in [-0.25, -0.2) is 0 Å². The summed E-state index contributed by atoms with van der Waals surface area (Å²) < 4.78 is 4.70. The van der Waals surface area contributed by atoms with E-state index < -0.39 is 0 Å². The zero-order valence-electron chi connectivity index (χ0n) is 5.77. The number of thiophene rings is 1. The van der Waals surface area contributed by atoms with Crippen LogP contribution in [0.25, 0.3) is 10.1 Å². The molecule has 1 aromatic carbocycles. The molecule has 0 aliphatic heterocycles. The molecule has 0 unspecified atom stereocenters. The number of rotatable bonds is 0. The molecule has 62 valence electrons. The number of hydrogen-bond donors (Lipinski definition) is 0. The van der Waals surface area contributed by atoms with Gasteiger partial charge in [0.1, 0.15) is 0 Å². The van der Waals surface area contributed by atoms with Gasteiger partial charge in [0.15, 0.2) is 0 Å². The second kappa shape index (κ2) is 3.40. The minimum atomic E-state index is 1.12. The van der Waals surface area contributed by atoms with Crippen molar-refractivity contribution in [2.45, 2.75) is 0 Å². The van der Waals surface area contributed by atoms with E-state index in [1.165, 1.54) is 10.1 Å². The standard InChI is InChI=1S/C8H3Br3S/c9-4-1-2-5-6(3-4)12-8(11)7(5)10/h1-3H. The van der Waals surface area contributed by atoms with Crippen LogP contribution in [-0.2, 0) is 0 Å². The second-order valence-corrected chi connectivity index (χ2v) is 6.41. The Morgan fingerprint density at radius 3 is 2.58 bits per heavy atom.